The Morgan fingerprint density at radius 1 is 1.22 bits per heavy atom. The van der Waals surface area contributed by atoms with E-state index >= 15 is 0 Å². The van der Waals surface area contributed by atoms with Gasteiger partial charge in [-0.1, -0.05) is 11.7 Å². The Hall–Kier alpha value is -3.75. The molecule has 1 atom stereocenters. The number of aromatic nitrogens is 3. The quantitative estimate of drug-likeness (QED) is 0.349. The molecule has 0 aromatic carbocycles. The number of aryl methyl sites for hydroxylation is 1. The number of carbonyl (C=O) groups is 1. The lowest BCUT2D eigenvalue weighted by atomic mass is 9.73. The third kappa shape index (κ3) is 5.00. The van der Waals surface area contributed by atoms with Crippen LogP contribution >= 0.6 is 11.3 Å². The highest BCUT2D eigenvalue weighted by molar-refractivity contribution is 7.16. The van der Waals surface area contributed by atoms with Crippen molar-refractivity contribution in [2.24, 2.45) is 0 Å². The van der Waals surface area contributed by atoms with Crippen molar-refractivity contribution < 1.29 is 9.32 Å². The van der Waals surface area contributed by atoms with Crippen LogP contribution in [0.5, 0.6) is 0 Å². The third-order valence-corrected chi connectivity index (χ3v) is 10.0. The predicted molar refractivity (Wildman–Crippen MR) is 160 cm³/mol. The number of fused-ring (bicyclic) bond motifs is 1. The van der Waals surface area contributed by atoms with Crippen molar-refractivity contribution in [3.63, 3.8) is 0 Å². The van der Waals surface area contributed by atoms with E-state index in [0.29, 0.717) is 47.1 Å². The number of hydrogen-bond acceptors (Lipinski definition) is 9. The molecular weight excluding hydrogens is 536 g/mol. The molecule has 1 aliphatic carbocycles. The van der Waals surface area contributed by atoms with Crippen molar-refractivity contribution >= 4 is 33.8 Å². The molecule has 6 rings (SSSR count). The summed E-state index contributed by atoms with van der Waals surface area (Å²) in [4.78, 5) is 33.6. The maximum Gasteiger partial charge on any atom is 0.245 e. The topological polar surface area (TPSA) is 109 Å². The normalized spacial score (nSPS) is 21.9. The number of nitrogens with two attached hydrogens (primary N) is 1. The first kappa shape index (κ1) is 27.4. The second-order valence-electron chi connectivity index (χ2n) is 11.6. The fourth-order valence-corrected chi connectivity index (χ4v) is 7.66. The zero-order chi connectivity index (χ0) is 28.7. The van der Waals surface area contributed by atoms with Crippen molar-refractivity contribution in [1.29, 1.82) is 0 Å². The third-order valence-electron chi connectivity index (χ3n) is 8.97. The van der Waals surface area contributed by atoms with E-state index in [4.69, 9.17) is 26.8 Å². The van der Waals surface area contributed by atoms with Crippen LogP contribution in [-0.4, -0.2) is 77.1 Å². The zero-order valence-electron chi connectivity index (χ0n) is 23.7. The molecule has 2 N–H and O–H groups in total. The smallest absolute Gasteiger partial charge is 0.245 e. The Bertz CT molecular complexity index is 1510. The summed E-state index contributed by atoms with van der Waals surface area (Å²) in [5.41, 5.74) is 9.00. The first-order valence-electron chi connectivity index (χ1n) is 14.3. The molecule has 5 heterocycles. The van der Waals surface area contributed by atoms with E-state index in [-0.39, 0.29) is 5.91 Å². The molecule has 3 aliphatic rings. The lowest BCUT2D eigenvalue weighted by Crippen LogP contribution is -2.45. The minimum Gasteiger partial charge on any atom is -0.399 e. The van der Waals surface area contributed by atoms with Crippen LogP contribution < -0.4 is 10.6 Å². The average Bonchev–Trinajstić information content (AvgIpc) is 3.63. The number of likely N-dealkylation sites (N-methyl/N-ethyl adjacent to an activating group) is 1. The highest BCUT2D eigenvalue weighted by atomic mass is 32.1. The Morgan fingerprint density at radius 3 is 2.68 bits per heavy atom. The summed E-state index contributed by atoms with van der Waals surface area (Å²) < 4.78 is 5.95. The van der Waals surface area contributed by atoms with E-state index in [1.54, 1.807) is 0 Å². The second-order valence-corrected chi connectivity index (χ2v) is 12.7. The number of hydrogen-bond donors (Lipinski definition) is 1. The number of nitrogen functional groups attached to an aromatic ring is 1. The predicted octanol–water partition coefficient (Wildman–Crippen LogP) is 4.61. The Morgan fingerprint density at radius 2 is 1.98 bits per heavy atom. The number of nitrogens with zero attached hydrogens (tertiary/aromatic N) is 7. The molecule has 41 heavy (non-hydrogen) atoms. The van der Waals surface area contributed by atoms with Crippen molar-refractivity contribution in [1.82, 2.24) is 24.9 Å². The van der Waals surface area contributed by atoms with E-state index in [1.807, 2.05) is 4.90 Å². The van der Waals surface area contributed by atoms with Gasteiger partial charge in [-0.3, -0.25) is 4.79 Å². The molecule has 0 radical (unpaired) electrons. The lowest BCUT2D eigenvalue weighted by molar-refractivity contribution is -0.127. The molecule has 2 saturated heterocycles. The summed E-state index contributed by atoms with van der Waals surface area (Å²) in [6.45, 7) is 18.6. The Balaban J connectivity index is 1.36. The Labute approximate surface area is 244 Å². The van der Waals surface area contributed by atoms with Gasteiger partial charge >= 0.3 is 0 Å². The summed E-state index contributed by atoms with van der Waals surface area (Å²) >= 11 is 1.50. The van der Waals surface area contributed by atoms with Crippen molar-refractivity contribution in [2.75, 3.05) is 56.9 Å². The van der Waals surface area contributed by atoms with Crippen LogP contribution in [-0.2, 0) is 16.6 Å². The molecule has 3 aromatic heterocycles. The lowest BCUT2D eigenvalue weighted by Gasteiger charge is -2.35. The monoisotopic (exact) mass is 572 g/mol. The number of piperidine rings is 1. The van der Waals surface area contributed by atoms with Crippen LogP contribution in [0.4, 0.5) is 16.5 Å². The fourth-order valence-electron chi connectivity index (χ4n) is 6.48. The van der Waals surface area contributed by atoms with Gasteiger partial charge in [0.1, 0.15) is 11.5 Å². The van der Waals surface area contributed by atoms with Crippen LogP contribution in [0.2, 0.25) is 0 Å². The SMILES string of the molecule is [C-]#[N+]c1c(N)sc2c1C(C)(c1nc(-c3cc(C4CCN(C(=O)C=C)CC4)cc(N4CCN(C)CC4)n3)no1)CCC2. The minimum atomic E-state index is -0.574. The number of rotatable bonds is 5. The van der Waals surface area contributed by atoms with Crippen molar-refractivity contribution in [2.45, 2.75) is 50.4 Å². The molecule has 2 aliphatic heterocycles. The number of anilines is 2. The maximum absolute atomic E-state index is 12.2. The number of carbonyl (C=O) groups excluding carboxylic acids is 1. The van der Waals surface area contributed by atoms with Crippen LogP contribution in [0, 0.1) is 6.57 Å². The Kier molecular flexibility index (Phi) is 7.30. The van der Waals surface area contributed by atoms with Gasteiger partial charge in [0, 0.05) is 39.3 Å². The van der Waals surface area contributed by atoms with Crippen molar-refractivity contribution in [3.8, 4) is 11.5 Å². The largest absolute Gasteiger partial charge is 0.399 e. The maximum atomic E-state index is 12.2. The molecule has 0 saturated carbocycles. The second kappa shape index (κ2) is 10.9. The summed E-state index contributed by atoms with van der Waals surface area (Å²) in [7, 11) is 2.14. The standard InChI is InChI=1S/C30H36N8O2S/c1-5-24(39)38-11-8-19(9-12-38)20-17-21(33-23(18-20)37-15-13-36(4)14-16-37)28-34-29(40-35-28)30(2)10-6-7-22-25(30)26(32-3)27(31)41-22/h5,17-19H,1,6-16,31H2,2,4H3. The molecule has 10 nitrogen and oxygen atoms in total. The van der Waals surface area contributed by atoms with Crippen LogP contribution in [0.25, 0.3) is 16.4 Å². The number of pyridine rings is 1. The van der Waals surface area contributed by atoms with E-state index in [9.17, 15) is 4.79 Å². The highest BCUT2D eigenvalue weighted by Gasteiger charge is 2.43. The molecule has 11 heteroatoms. The van der Waals surface area contributed by atoms with Gasteiger partial charge in [-0.25, -0.2) is 9.83 Å². The minimum absolute atomic E-state index is 0.00978. The van der Waals surface area contributed by atoms with Crippen molar-refractivity contribution in [3.05, 3.63) is 58.1 Å². The van der Waals surface area contributed by atoms with Crippen LogP contribution in [0.15, 0.2) is 29.3 Å². The van der Waals surface area contributed by atoms with Gasteiger partial charge in [-0.05, 0) is 86.2 Å². The molecule has 1 unspecified atom stereocenters. The first-order valence-corrected chi connectivity index (χ1v) is 15.1. The highest BCUT2D eigenvalue weighted by Crippen LogP contribution is 2.52. The summed E-state index contributed by atoms with van der Waals surface area (Å²) in [5, 5.41) is 4.99. The van der Waals surface area contributed by atoms with Gasteiger partial charge in [-0.2, -0.15) is 4.98 Å². The number of thiophene rings is 1. The molecule has 3 aromatic rings. The van der Waals surface area contributed by atoms with Gasteiger partial charge in [0.2, 0.25) is 23.3 Å². The summed E-state index contributed by atoms with van der Waals surface area (Å²) in [6.07, 6.45) is 5.83. The zero-order valence-corrected chi connectivity index (χ0v) is 24.5. The fraction of sp³-hybridized carbons (Fsp3) is 0.500. The number of piperazine rings is 1. The molecular formula is C30H36N8O2S. The van der Waals surface area contributed by atoms with Gasteiger partial charge in [0.05, 0.1) is 17.0 Å². The number of likely N-dealkylation sites (tertiary alicyclic amines) is 1. The molecule has 1 amide bonds. The van der Waals surface area contributed by atoms with Gasteiger partial charge < -0.3 is 25.0 Å². The molecule has 0 bridgehead atoms. The number of amides is 1. The summed E-state index contributed by atoms with van der Waals surface area (Å²) in [6, 6.07) is 4.29. The van der Waals surface area contributed by atoms with E-state index < -0.39 is 5.41 Å². The van der Waals surface area contributed by atoms with Gasteiger partial charge in [-0.15, -0.1) is 11.3 Å². The van der Waals surface area contributed by atoms with E-state index in [1.165, 1.54) is 23.0 Å². The van der Waals surface area contributed by atoms with Gasteiger partial charge in [0.15, 0.2) is 0 Å². The molecule has 0 spiro atoms. The van der Waals surface area contributed by atoms with Crippen LogP contribution in [0.1, 0.15) is 60.4 Å². The first-order chi connectivity index (χ1) is 19.8. The molecule has 214 valence electrons. The average molecular weight is 573 g/mol. The van der Waals surface area contributed by atoms with E-state index in [2.05, 4.69) is 52.5 Å². The van der Waals surface area contributed by atoms with Gasteiger partial charge in [0.25, 0.3) is 0 Å². The van der Waals surface area contributed by atoms with Crippen LogP contribution in [0.3, 0.4) is 0 Å². The van der Waals surface area contributed by atoms with E-state index in [0.717, 1.165) is 74.5 Å². The molecule has 2 fully saturated rings. The summed E-state index contributed by atoms with van der Waals surface area (Å²) in [5.74, 6) is 2.17.